The van der Waals surface area contributed by atoms with Crippen molar-refractivity contribution in [2.24, 2.45) is 5.10 Å². The zero-order valence-electron chi connectivity index (χ0n) is 9.30. The molecule has 4 nitrogen and oxygen atoms in total. The summed E-state index contributed by atoms with van der Waals surface area (Å²) < 4.78 is 0. The lowest BCUT2D eigenvalue weighted by molar-refractivity contribution is 1.08. The maximum atomic E-state index is 4.40. The molecule has 0 unspecified atom stereocenters. The molecule has 1 aliphatic rings. The Hall–Kier alpha value is -2.23. The molecule has 1 aromatic carbocycles. The lowest BCUT2D eigenvalue weighted by Gasteiger charge is -2.01. The van der Waals surface area contributed by atoms with Crippen molar-refractivity contribution in [2.75, 3.05) is 5.43 Å². The van der Waals surface area contributed by atoms with Gasteiger partial charge in [-0.2, -0.15) is 5.10 Å². The van der Waals surface area contributed by atoms with Crippen LogP contribution in [0.5, 0.6) is 0 Å². The molecule has 0 aliphatic heterocycles. The molecule has 1 N–H and O–H groups in total. The van der Waals surface area contributed by atoms with Crippen molar-refractivity contribution in [1.29, 1.82) is 0 Å². The van der Waals surface area contributed by atoms with Crippen molar-refractivity contribution in [3.8, 4) is 0 Å². The normalized spacial score (nSPS) is 15.9. The summed E-state index contributed by atoms with van der Waals surface area (Å²) in [6.07, 6.45) is 6.99. The Bertz CT molecular complexity index is 548. The summed E-state index contributed by atoms with van der Waals surface area (Å²) in [7, 11) is 0. The first-order valence-electron chi connectivity index (χ1n) is 5.60. The van der Waals surface area contributed by atoms with E-state index in [4.69, 9.17) is 0 Å². The van der Waals surface area contributed by atoms with Gasteiger partial charge in [0.25, 0.3) is 0 Å². The summed E-state index contributed by atoms with van der Waals surface area (Å²) in [5.41, 5.74) is 6.64. The number of aromatic nitrogens is 2. The first-order valence-corrected chi connectivity index (χ1v) is 5.60. The molecular weight excluding hydrogens is 212 g/mol. The monoisotopic (exact) mass is 224 g/mol. The molecule has 0 spiro atoms. The van der Waals surface area contributed by atoms with Crippen molar-refractivity contribution in [3.05, 3.63) is 54.0 Å². The number of rotatable bonds is 2. The standard InChI is InChI=1S/C13H12N4/c1-2-4-11-10(3-1)5-6-12(11)16-17-13-9-14-7-8-15-13/h1-4,7-9H,5-6H2,(H,15,17)/b16-12+. The molecule has 1 aromatic heterocycles. The number of hydrogen-bond donors (Lipinski definition) is 1. The van der Waals surface area contributed by atoms with E-state index in [0.717, 1.165) is 18.6 Å². The van der Waals surface area contributed by atoms with Gasteiger partial charge in [0.1, 0.15) is 0 Å². The van der Waals surface area contributed by atoms with Crippen molar-refractivity contribution in [1.82, 2.24) is 9.97 Å². The smallest absolute Gasteiger partial charge is 0.164 e. The molecule has 17 heavy (non-hydrogen) atoms. The van der Waals surface area contributed by atoms with Crippen LogP contribution >= 0.6 is 0 Å². The van der Waals surface area contributed by atoms with E-state index in [0.29, 0.717) is 5.82 Å². The zero-order chi connectivity index (χ0) is 11.5. The number of hydrogen-bond acceptors (Lipinski definition) is 4. The third-order valence-corrected chi connectivity index (χ3v) is 2.83. The van der Waals surface area contributed by atoms with E-state index >= 15 is 0 Å². The Kier molecular flexibility index (Phi) is 2.54. The molecule has 4 heteroatoms. The van der Waals surface area contributed by atoms with Crippen LogP contribution in [-0.2, 0) is 6.42 Å². The Balaban J connectivity index is 1.83. The predicted molar refractivity (Wildman–Crippen MR) is 67.0 cm³/mol. The Morgan fingerprint density at radius 2 is 2.06 bits per heavy atom. The molecule has 0 atom stereocenters. The number of nitrogens with one attached hydrogen (secondary N) is 1. The van der Waals surface area contributed by atoms with Crippen molar-refractivity contribution in [2.45, 2.75) is 12.8 Å². The van der Waals surface area contributed by atoms with Gasteiger partial charge in [-0.1, -0.05) is 24.3 Å². The highest BCUT2D eigenvalue weighted by Crippen LogP contribution is 2.22. The van der Waals surface area contributed by atoms with E-state index in [2.05, 4.69) is 38.7 Å². The van der Waals surface area contributed by atoms with Crippen molar-refractivity contribution < 1.29 is 0 Å². The van der Waals surface area contributed by atoms with Crippen LogP contribution < -0.4 is 5.43 Å². The molecule has 84 valence electrons. The molecule has 2 aromatic rings. The quantitative estimate of drug-likeness (QED) is 0.796. The number of hydrazone groups is 1. The van der Waals surface area contributed by atoms with Crippen LogP contribution in [-0.4, -0.2) is 15.7 Å². The maximum absolute atomic E-state index is 4.40. The first kappa shape index (κ1) is 9.96. The highest BCUT2D eigenvalue weighted by Gasteiger charge is 2.16. The van der Waals surface area contributed by atoms with E-state index in [1.54, 1.807) is 18.6 Å². The third kappa shape index (κ3) is 2.01. The molecule has 0 radical (unpaired) electrons. The minimum absolute atomic E-state index is 0.671. The second-order valence-electron chi connectivity index (χ2n) is 3.92. The van der Waals surface area contributed by atoms with Gasteiger partial charge in [-0.25, -0.2) is 4.98 Å². The molecule has 3 rings (SSSR count). The van der Waals surface area contributed by atoms with E-state index in [1.165, 1.54) is 11.1 Å². The average molecular weight is 224 g/mol. The van der Waals surface area contributed by atoms with Crippen molar-refractivity contribution >= 4 is 11.5 Å². The molecule has 1 heterocycles. The van der Waals surface area contributed by atoms with Crippen LogP contribution in [0.15, 0.2) is 48.0 Å². The fourth-order valence-electron chi connectivity index (χ4n) is 2.01. The maximum Gasteiger partial charge on any atom is 0.164 e. The van der Waals surface area contributed by atoms with Crippen LogP contribution in [0, 0.1) is 0 Å². The lowest BCUT2D eigenvalue weighted by Crippen LogP contribution is -2.00. The highest BCUT2D eigenvalue weighted by atomic mass is 15.3. The SMILES string of the molecule is c1ccc2c(c1)CC/C2=N\Nc1cnccn1. The fourth-order valence-corrected chi connectivity index (χ4v) is 2.01. The van der Waals surface area contributed by atoms with Gasteiger partial charge in [0.2, 0.25) is 0 Å². The predicted octanol–water partition coefficient (Wildman–Crippen LogP) is 2.24. The van der Waals surface area contributed by atoms with E-state index in [9.17, 15) is 0 Å². The Labute approximate surface area is 99.4 Å². The molecular formula is C13H12N4. The van der Waals surface area contributed by atoms with E-state index in [-0.39, 0.29) is 0 Å². The summed E-state index contributed by atoms with van der Waals surface area (Å²) in [4.78, 5) is 8.09. The summed E-state index contributed by atoms with van der Waals surface area (Å²) in [6.45, 7) is 0. The van der Waals surface area contributed by atoms with Gasteiger partial charge < -0.3 is 0 Å². The molecule has 0 amide bonds. The number of aryl methyl sites for hydroxylation is 1. The van der Waals surface area contributed by atoms with Crippen LogP contribution in [0.2, 0.25) is 0 Å². The van der Waals surface area contributed by atoms with Gasteiger partial charge in [-0.05, 0) is 18.4 Å². The topological polar surface area (TPSA) is 50.2 Å². The van der Waals surface area contributed by atoms with Crippen LogP contribution in [0.4, 0.5) is 5.82 Å². The summed E-state index contributed by atoms with van der Waals surface area (Å²) in [6, 6.07) is 8.37. The molecule has 0 bridgehead atoms. The van der Waals surface area contributed by atoms with Gasteiger partial charge in [0, 0.05) is 18.0 Å². The minimum atomic E-state index is 0.671. The summed E-state index contributed by atoms with van der Waals surface area (Å²) >= 11 is 0. The van der Waals surface area contributed by atoms with Gasteiger partial charge >= 0.3 is 0 Å². The van der Waals surface area contributed by atoms with Gasteiger partial charge in [0.05, 0.1) is 11.9 Å². The Morgan fingerprint density at radius 3 is 2.94 bits per heavy atom. The van der Waals surface area contributed by atoms with Crippen LogP contribution in [0.1, 0.15) is 17.5 Å². The lowest BCUT2D eigenvalue weighted by atomic mass is 10.1. The summed E-state index contributed by atoms with van der Waals surface area (Å²) in [5.74, 6) is 0.671. The second kappa shape index (κ2) is 4.33. The largest absolute Gasteiger partial charge is 0.260 e. The van der Waals surface area contributed by atoms with Crippen LogP contribution in [0.3, 0.4) is 0 Å². The third-order valence-electron chi connectivity index (χ3n) is 2.83. The van der Waals surface area contributed by atoms with Gasteiger partial charge in [-0.15, -0.1) is 0 Å². The number of nitrogens with zero attached hydrogens (tertiary/aromatic N) is 3. The zero-order valence-corrected chi connectivity index (χ0v) is 9.30. The highest BCUT2D eigenvalue weighted by molar-refractivity contribution is 6.04. The molecule has 0 saturated carbocycles. The van der Waals surface area contributed by atoms with E-state index in [1.807, 2.05) is 6.07 Å². The minimum Gasteiger partial charge on any atom is -0.260 e. The number of benzene rings is 1. The summed E-state index contributed by atoms with van der Waals surface area (Å²) in [5, 5.41) is 4.40. The van der Waals surface area contributed by atoms with Crippen LogP contribution in [0.25, 0.3) is 0 Å². The molecule has 0 fully saturated rings. The first-order chi connectivity index (χ1) is 8.43. The van der Waals surface area contributed by atoms with Crippen molar-refractivity contribution in [3.63, 3.8) is 0 Å². The van der Waals surface area contributed by atoms with Gasteiger partial charge in [0.15, 0.2) is 5.82 Å². The average Bonchev–Trinajstić information content (AvgIpc) is 2.81. The Morgan fingerprint density at radius 1 is 1.12 bits per heavy atom. The molecule has 1 aliphatic carbocycles. The second-order valence-corrected chi connectivity index (χ2v) is 3.92. The molecule has 0 saturated heterocycles. The number of fused-ring (bicyclic) bond motifs is 1. The fraction of sp³-hybridized carbons (Fsp3) is 0.154. The number of anilines is 1. The van der Waals surface area contributed by atoms with Gasteiger partial charge in [-0.3, -0.25) is 10.4 Å². The van der Waals surface area contributed by atoms with E-state index < -0.39 is 0 Å².